The number of hydrogen-bond acceptors (Lipinski definition) is 2. The zero-order chi connectivity index (χ0) is 9.35. The second-order valence-corrected chi connectivity index (χ2v) is 5.51. The average molecular weight is 186 g/mol. The number of rotatable bonds is 3. The second kappa shape index (κ2) is 3.15. The summed E-state index contributed by atoms with van der Waals surface area (Å²) in [5.41, 5.74) is -0.408. The molecule has 0 aliphatic heterocycles. The Balaban J connectivity index is 2.66. The van der Waals surface area contributed by atoms with Gasteiger partial charge in [-0.3, -0.25) is 0 Å². The molecule has 1 atom stereocenters. The molecule has 1 aliphatic carbocycles. The molecular formula is C8H14N2OS. The summed E-state index contributed by atoms with van der Waals surface area (Å²) >= 11 is 0. The van der Waals surface area contributed by atoms with E-state index >= 15 is 0 Å². The molecule has 1 aliphatic rings. The molecule has 68 valence electrons. The average Bonchev–Trinajstić information content (AvgIpc) is 2.82. The lowest BCUT2D eigenvalue weighted by Gasteiger charge is -2.22. The Morgan fingerprint density at radius 2 is 2.08 bits per heavy atom. The standard InChI is InChI=1S/C8H14N2OS/c1-7(2)12(11)10(3)8(6-9)4-5-8/h7H,4-5H2,1-3H3. The third kappa shape index (κ3) is 1.52. The van der Waals surface area contributed by atoms with Crippen LogP contribution < -0.4 is 0 Å². The Bertz CT molecular complexity index is 240. The monoisotopic (exact) mass is 186 g/mol. The molecule has 4 heteroatoms. The van der Waals surface area contributed by atoms with E-state index in [0.717, 1.165) is 12.8 Å². The summed E-state index contributed by atoms with van der Waals surface area (Å²) in [6, 6.07) is 2.22. The van der Waals surface area contributed by atoms with Gasteiger partial charge >= 0.3 is 0 Å². The maximum Gasteiger partial charge on any atom is 0.120 e. The highest BCUT2D eigenvalue weighted by molar-refractivity contribution is 7.83. The van der Waals surface area contributed by atoms with Crippen molar-refractivity contribution in [2.45, 2.75) is 37.5 Å². The number of hydrogen-bond donors (Lipinski definition) is 0. The van der Waals surface area contributed by atoms with Gasteiger partial charge in [0, 0.05) is 12.3 Å². The first-order chi connectivity index (χ1) is 5.53. The van der Waals surface area contributed by atoms with Crippen LogP contribution in [0, 0.1) is 11.3 Å². The van der Waals surface area contributed by atoms with Gasteiger partial charge in [-0.25, -0.2) is 8.51 Å². The first-order valence-electron chi connectivity index (χ1n) is 4.09. The van der Waals surface area contributed by atoms with Crippen LogP contribution in [0.2, 0.25) is 0 Å². The van der Waals surface area contributed by atoms with E-state index < -0.39 is 16.5 Å². The Hall–Kier alpha value is -0.400. The maximum atomic E-state index is 11.6. The summed E-state index contributed by atoms with van der Waals surface area (Å²) in [6.07, 6.45) is 1.72. The Kier molecular flexibility index (Phi) is 2.55. The van der Waals surface area contributed by atoms with E-state index in [1.807, 2.05) is 13.8 Å². The van der Waals surface area contributed by atoms with Gasteiger partial charge in [-0.05, 0) is 26.7 Å². The smallest absolute Gasteiger partial charge is 0.120 e. The van der Waals surface area contributed by atoms with E-state index in [2.05, 4.69) is 6.07 Å². The Morgan fingerprint density at radius 3 is 2.33 bits per heavy atom. The van der Waals surface area contributed by atoms with Crippen LogP contribution in [0.4, 0.5) is 0 Å². The predicted octanol–water partition coefficient (Wildman–Crippen LogP) is 1.05. The number of nitrogens with zero attached hydrogens (tertiary/aromatic N) is 2. The molecule has 0 radical (unpaired) electrons. The lowest BCUT2D eigenvalue weighted by molar-refractivity contribution is 0.440. The van der Waals surface area contributed by atoms with Crippen LogP contribution in [0.3, 0.4) is 0 Å². The van der Waals surface area contributed by atoms with Crippen molar-refractivity contribution in [1.82, 2.24) is 4.31 Å². The molecule has 12 heavy (non-hydrogen) atoms. The molecular weight excluding hydrogens is 172 g/mol. The van der Waals surface area contributed by atoms with Gasteiger partial charge in [0.15, 0.2) is 0 Å². The third-order valence-corrected chi connectivity index (χ3v) is 3.90. The van der Waals surface area contributed by atoms with E-state index in [1.54, 1.807) is 11.4 Å². The normalized spacial score (nSPS) is 22.3. The van der Waals surface area contributed by atoms with Gasteiger partial charge in [0.25, 0.3) is 0 Å². The van der Waals surface area contributed by atoms with Gasteiger partial charge in [0.05, 0.1) is 17.1 Å². The van der Waals surface area contributed by atoms with Crippen molar-refractivity contribution in [3.05, 3.63) is 0 Å². The van der Waals surface area contributed by atoms with Gasteiger partial charge in [0.1, 0.15) is 5.54 Å². The van der Waals surface area contributed by atoms with Crippen LogP contribution in [0.1, 0.15) is 26.7 Å². The Morgan fingerprint density at radius 1 is 1.58 bits per heavy atom. The minimum absolute atomic E-state index is 0.0980. The highest BCUT2D eigenvalue weighted by Crippen LogP contribution is 2.41. The third-order valence-electron chi connectivity index (χ3n) is 2.21. The van der Waals surface area contributed by atoms with E-state index in [1.165, 1.54) is 0 Å². The van der Waals surface area contributed by atoms with Gasteiger partial charge in [-0.2, -0.15) is 5.26 Å². The molecule has 0 bridgehead atoms. The summed E-state index contributed by atoms with van der Waals surface area (Å²) in [7, 11) is 0.758. The molecule has 0 aromatic heterocycles. The molecule has 0 aromatic carbocycles. The minimum Gasteiger partial charge on any atom is -0.242 e. The van der Waals surface area contributed by atoms with Crippen LogP contribution in [0.25, 0.3) is 0 Å². The highest BCUT2D eigenvalue weighted by atomic mass is 32.2. The summed E-state index contributed by atoms with van der Waals surface area (Å²) in [4.78, 5) is 0. The molecule has 0 aromatic rings. The molecule has 0 heterocycles. The minimum atomic E-state index is -1.01. The molecule has 1 fully saturated rings. The van der Waals surface area contributed by atoms with Crippen LogP contribution in [-0.2, 0) is 11.0 Å². The summed E-state index contributed by atoms with van der Waals surface area (Å²) in [5.74, 6) is 0. The van der Waals surface area contributed by atoms with Crippen molar-refractivity contribution < 1.29 is 4.21 Å². The van der Waals surface area contributed by atoms with Crippen LogP contribution in [0.15, 0.2) is 0 Å². The predicted molar refractivity (Wildman–Crippen MR) is 48.6 cm³/mol. The van der Waals surface area contributed by atoms with Crippen molar-refractivity contribution in [2.24, 2.45) is 0 Å². The fourth-order valence-electron chi connectivity index (χ4n) is 1.10. The zero-order valence-corrected chi connectivity index (χ0v) is 8.52. The molecule has 0 N–H and O–H groups in total. The Labute approximate surface area is 76.0 Å². The zero-order valence-electron chi connectivity index (χ0n) is 7.70. The van der Waals surface area contributed by atoms with E-state index in [0.29, 0.717) is 0 Å². The summed E-state index contributed by atoms with van der Waals surface area (Å²) in [6.45, 7) is 3.81. The topological polar surface area (TPSA) is 44.1 Å². The second-order valence-electron chi connectivity index (χ2n) is 3.47. The molecule has 1 unspecified atom stereocenters. The first-order valence-corrected chi connectivity index (χ1v) is 5.26. The van der Waals surface area contributed by atoms with Crippen molar-refractivity contribution in [3.63, 3.8) is 0 Å². The van der Waals surface area contributed by atoms with Gasteiger partial charge < -0.3 is 0 Å². The van der Waals surface area contributed by atoms with Crippen molar-refractivity contribution in [3.8, 4) is 6.07 Å². The van der Waals surface area contributed by atoms with E-state index in [-0.39, 0.29) is 5.25 Å². The molecule has 1 rings (SSSR count). The molecule has 0 amide bonds. The number of nitriles is 1. The van der Waals surface area contributed by atoms with Crippen molar-refractivity contribution in [1.29, 1.82) is 5.26 Å². The quantitative estimate of drug-likeness (QED) is 0.661. The SMILES string of the molecule is CC(C)S(=O)N(C)C1(C#N)CC1. The van der Waals surface area contributed by atoms with Crippen molar-refractivity contribution >= 4 is 11.0 Å². The van der Waals surface area contributed by atoms with Gasteiger partial charge in [0.2, 0.25) is 0 Å². The van der Waals surface area contributed by atoms with Crippen molar-refractivity contribution in [2.75, 3.05) is 7.05 Å². The van der Waals surface area contributed by atoms with E-state index in [4.69, 9.17) is 5.26 Å². The molecule has 1 saturated carbocycles. The molecule has 0 spiro atoms. The fourth-order valence-corrected chi connectivity index (χ4v) is 2.30. The van der Waals surface area contributed by atoms with Crippen LogP contribution in [0.5, 0.6) is 0 Å². The molecule has 3 nitrogen and oxygen atoms in total. The lowest BCUT2D eigenvalue weighted by atomic mass is 10.3. The molecule has 0 saturated heterocycles. The largest absolute Gasteiger partial charge is 0.242 e. The van der Waals surface area contributed by atoms with E-state index in [9.17, 15) is 4.21 Å². The summed E-state index contributed by atoms with van der Waals surface area (Å²) < 4.78 is 13.3. The first kappa shape index (κ1) is 9.69. The van der Waals surface area contributed by atoms with Gasteiger partial charge in [-0.1, -0.05) is 0 Å². The van der Waals surface area contributed by atoms with Crippen LogP contribution >= 0.6 is 0 Å². The maximum absolute atomic E-state index is 11.6. The lowest BCUT2D eigenvalue weighted by Crippen LogP contribution is -2.37. The van der Waals surface area contributed by atoms with Crippen LogP contribution in [-0.4, -0.2) is 26.4 Å². The highest BCUT2D eigenvalue weighted by Gasteiger charge is 2.49. The van der Waals surface area contributed by atoms with Gasteiger partial charge in [-0.15, -0.1) is 0 Å². The fraction of sp³-hybridized carbons (Fsp3) is 0.875. The summed E-state index contributed by atoms with van der Waals surface area (Å²) in [5, 5.41) is 8.93.